The van der Waals surface area contributed by atoms with E-state index in [1.54, 1.807) is 6.07 Å². The number of carbonyl (C=O) groups is 2. The van der Waals surface area contributed by atoms with Gasteiger partial charge in [-0.15, -0.1) is 0 Å². The lowest BCUT2D eigenvalue weighted by Crippen LogP contribution is -2.60. The first-order chi connectivity index (χ1) is 11.9. The predicted molar refractivity (Wildman–Crippen MR) is 87.4 cm³/mol. The fraction of sp³-hybridized carbons (Fsp3) is 0.467. The van der Waals surface area contributed by atoms with Gasteiger partial charge in [0.15, 0.2) is 0 Å². The summed E-state index contributed by atoms with van der Waals surface area (Å²) in [5, 5.41) is 27.3. The van der Waals surface area contributed by atoms with Crippen molar-refractivity contribution >= 4 is 19.6 Å². The Kier molecular flexibility index (Phi) is 6.24. The number of carboxylic acid groups (broad SMARTS) is 1. The van der Waals surface area contributed by atoms with Crippen LogP contribution in [0, 0.1) is 0 Å². The molecular formula is C15H20BN2O7. The molecule has 0 aromatic heterocycles. The van der Waals surface area contributed by atoms with Crippen molar-refractivity contribution in [3.05, 3.63) is 23.3 Å². The highest BCUT2D eigenvalue weighted by Crippen LogP contribution is 2.34. The summed E-state index contributed by atoms with van der Waals surface area (Å²) in [6.45, 7) is 1.86. The molecule has 1 saturated heterocycles. The molecule has 25 heavy (non-hydrogen) atoms. The second-order valence-corrected chi connectivity index (χ2v) is 5.58. The van der Waals surface area contributed by atoms with Crippen LogP contribution in [0.5, 0.6) is 11.5 Å². The summed E-state index contributed by atoms with van der Waals surface area (Å²) in [4.78, 5) is 24.8. The summed E-state index contributed by atoms with van der Waals surface area (Å²) in [7, 11) is 0.421. The number of carbonyl (C=O) groups excluding carboxylic acids is 1. The number of aromatic carboxylic acids is 1. The van der Waals surface area contributed by atoms with E-state index in [2.05, 4.69) is 0 Å². The Hall–Kier alpha value is -2.30. The van der Waals surface area contributed by atoms with Gasteiger partial charge in [-0.1, -0.05) is 13.0 Å². The summed E-state index contributed by atoms with van der Waals surface area (Å²) in [5.41, 5.74) is 5.88. The average molecular weight is 351 g/mol. The average Bonchev–Trinajstić information content (AvgIpc) is 2.56. The van der Waals surface area contributed by atoms with Crippen LogP contribution in [-0.2, 0) is 11.2 Å². The molecule has 0 bridgehead atoms. The molecule has 1 amide bonds. The first-order valence-corrected chi connectivity index (χ1v) is 7.76. The summed E-state index contributed by atoms with van der Waals surface area (Å²) >= 11 is 0. The topological polar surface area (TPSA) is 143 Å². The van der Waals surface area contributed by atoms with Crippen LogP contribution < -0.4 is 15.1 Å². The van der Waals surface area contributed by atoms with Crippen LogP contribution in [0.25, 0.3) is 0 Å². The molecular weight excluding hydrogens is 331 g/mol. The van der Waals surface area contributed by atoms with E-state index < -0.39 is 24.7 Å². The zero-order valence-corrected chi connectivity index (χ0v) is 13.7. The molecule has 9 nitrogen and oxygen atoms in total. The molecule has 1 fully saturated rings. The Morgan fingerprint density at radius 2 is 2.12 bits per heavy atom. The minimum Gasteiger partial charge on any atom is -0.536 e. The summed E-state index contributed by atoms with van der Waals surface area (Å²) in [5.74, 6) is -1.53. The molecule has 0 aliphatic carbocycles. The Morgan fingerprint density at radius 3 is 2.64 bits per heavy atom. The summed E-state index contributed by atoms with van der Waals surface area (Å²) < 4.78 is 10.6. The highest BCUT2D eigenvalue weighted by atomic mass is 16.5. The van der Waals surface area contributed by atoms with Gasteiger partial charge in [-0.3, -0.25) is 4.79 Å². The number of aliphatic hydroxyl groups excluding tert-OH is 1. The molecule has 10 heteroatoms. The maximum Gasteiger partial charge on any atom is 0.569 e. The van der Waals surface area contributed by atoms with Crippen LogP contribution in [-0.4, -0.2) is 71.5 Å². The van der Waals surface area contributed by atoms with Crippen LogP contribution in [0.3, 0.4) is 0 Å². The molecule has 1 aromatic carbocycles. The number of aliphatic hydroxyl groups is 1. The fourth-order valence-corrected chi connectivity index (χ4v) is 2.56. The molecule has 1 aliphatic rings. The Bertz CT molecular complexity index is 649. The van der Waals surface area contributed by atoms with Gasteiger partial charge in [0.05, 0.1) is 19.7 Å². The van der Waals surface area contributed by atoms with Crippen molar-refractivity contribution in [1.29, 1.82) is 0 Å². The third-order valence-electron chi connectivity index (χ3n) is 3.93. The number of nitrogens with zero attached hydrogens (tertiary/aromatic N) is 1. The fourth-order valence-electron chi connectivity index (χ4n) is 2.56. The smallest absolute Gasteiger partial charge is 0.536 e. The number of amides is 1. The molecule has 1 aromatic rings. The minimum absolute atomic E-state index is 0.0181. The number of hydrogen-bond donors (Lipinski definition) is 4. The van der Waals surface area contributed by atoms with Crippen LogP contribution in [0.2, 0.25) is 0 Å². The minimum atomic E-state index is -1.25. The molecule has 2 rings (SSSR count). The van der Waals surface area contributed by atoms with E-state index in [0.717, 1.165) is 0 Å². The number of hydrogen-bond acceptors (Lipinski definition) is 7. The second kappa shape index (κ2) is 8.19. The van der Waals surface area contributed by atoms with Crippen molar-refractivity contribution in [3.63, 3.8) is 0 Å². The van der Waals surface area contributed by atoms with Gasteiger partial charge in [-0.05, 0) is 18.1 Å². The van der Waals surface area contributed by atoms with Crippen molar-refractivity contribution < 1.29 is 34.2 Å². The highest BCUT2D eigenvalue weighted by Gasteiger charge is 2.35. The van der Waals surface area contributed by atoms with Crippen LogP contribution in [0.1, 0.15) is 22.8 Å². The van der Waals surface area contributed by atoms with E-state index in [4.69, 9.17) is 25.3 Å². The van der Waals surface area contributed by atoms with Gasteiger partial charge < -0.3 is 35.3 Å². The summed E-state index contributed by atoms with van der Waals surface area (Å²) in [6, 6.07) is 2.21. The molecule has 0 unspecified atom stereocenters. The van der Waals surface area contributed by atoms with Gasteiger partial charge in [0.2, 0.25) is 5.91 Å². The van der Waals surface area contributed by atoms with Crippen molar-refractivity contribution in [2.75, 3.05) is 19.7 Å². The van der Waals surface area contributed by atoms with Crippen molar-refractivity contribution in [3.8, 4) is 11.5 Å². The maximum absolute atomic E-state index is 11.8. The molecule has 1 radical (unpaired) electrons. The molecule has 5 N–H and O–H groups in total. The van der Waals surface area contributed by atoms with Gasteiger partial charge in [0, 0.05) is 0 Å². The van der Waals surface area contributed by atoms with E-state index in [9.17, 15) is 14.7 Å². The molecule has 135 valence electrons. The molecule has 1 heterocycles. The van der Waals surface area contributed by atoms with Gasteiger partial charge in [-0.25, -0.2) is 4.79 Å². The van der Waals surface area contributed by atoms with Gasteiger partial charge in [0.25, 0.3) is 0 Å². The van der Waals surface area contributed by atoms with Gasteiger partial charge in [-0.2, -0.15) is 0 Å². The van der Waals surface area contributed by atoms with Crippen molar-refractivity contribution in [2.24, 2.45) is 5.73 Å². The van der Waals surface area contributed by atoms with Gasteiger partial charge >= 0.3 is 13.7 Å². The highest BCUT2D eigenvalue weighted by molar-refractivity contribution is 6.18. The van der Waals surface area contributed by atoms with E-state index in [-0.39, 0.29) is 36.1 Å². The quantitative estimate of drug-likeness (QED) is 0.426. The predicted octanol–water partition coefficient (Wildman–Crippen LogP) is -1.24. The lowest BCUT2D eigenvalue weighted by Gasteiger charge is -2.40. The number of benzene rings is 1. The van der Waals surface area contributed by atoms with E-state index in [1.165, 1.54) is 11.0 Å². The van der Waals surface area contributed by atoms with Crippen LogP contribution in [0.4, 0.5) is 0 Å². The Balaban J connectivity index is 2.14. The monoisotopic (exact) mass is 351 g/mol. The summed E-state index contributed by atoms with van der Waals surface area (Å²) in [6.07, 6.45) is 0.112. The third-order valence-corrected chi connectivity index (χ3v) is 3.93. The molecule has 0 spiro atoms. The zero-order valence-electron chi connectivity index (χ0n) is 13.7. The van der Waals surface area contributed by atoms with E-state index in [1.807, 2.05) is 6.92 Å². The van der Waals surface area contributed by atoms with E-state index in [0.29, 0.717) is 19.7 Å². The van der Waals surface area contributed by atoms with E-state index >= 15 is 0 Å². The Labute approximate surface area is 145 Å². The standard InChI is InChI=1S/C15H20BN2O7/c1-2-8-3-4-11(12(15(21)22)13(8)25-16-23)24-9-5-18(6-9)14(20)10(17)7-19/h3-4,9-10,19,23H,2,5-7,17H2,1H3,(H,21,22)/t10-/m1/s1. The Morgan fingerprint density at radius 1 is 1.44 bits per heavy atom. The molecule has 1 atom stereocenters. The number of carboxylic acids is 1. The second-order valence-electron chi connectivity index (χ2n) is 5.58. The SMILES string of the molecule is CCc1ccc(OC2CN(C(=O)[C@H](N)CO)C2)c(C(=O)O)c1O[B]O. The van der Waals surface area contributed by atoms with Gasteiger partial charge in [0.1, 0.15) is 29.2 Å². The van der Waals surface area contributed by atoms with Crippen LogP contribution >= 0.6 is 0 Å². The third kappa shape index (κ3) is 4.03. The molecule has 1 aliphatic heterocycles. The largest absolute Gasteiger partial charge is 0.569 e. The number of aryl methyl sites for hydroxylation is 1. The zero-order chi connectivity index (χ0) is 18.6. The number of ether oxygens (including phenoxy) is 1. The lowest BCUT2D eigenvalue weighted by atomic mass is 10.0. The molecule has 0 saturated carbocycles. The number of likely N-dealkylation sites (tertiary alicyclic amines) is 1. The normalized spacial score (nSPS) is 15.3. The number of nitrogens with two attached hydrogens (primary N) is 1. The lowest BCUT2D eigenvalue weighted by molar-refractivity contribution is -0.142. The van der Waals surface area contributed by atoms with Crippen molar-refractivity contribution in [1.82, 2.24) is 4.90 Å². The first-order valence-electron chi connectivity index (χ1n) is 7.76. The first kappa shape index (κ1) is 19.0. The maximum atomic E-state index is 11.8. The van der Waals surface area contributed by atoms with Crippen LogP contribution in [0.15, 0.2) is 12.1 Å². The van der Waals surface area contributed by atoms with Crippen molar-refractivity contribution in [2.45, 2.75) is 25.5 Å². The number of rotatable bonds is 8.